The first kappa shape index (κ1) is 23.9. The van der Waals surface area contributed by atoms with Crippen molar-refractivity contribution in [2.24, 2.45) is 5.92 Å². The molecular formula is C28H36N4O2. The predicted octanol–water partition coefficient (Wildman–Crippen LogP) is 5.48. The highest BCUT2D eigenvalue weighted by Crippen LogP contribution is 2.35. The molecule has 0 saturated heterocycles. The summed E-state index contributed by atoms with van der Waals surface area (Å²) in [7, 11) is 0. The SMILES string of the molecule is CC(C)C[C@H]1NC(=O)c2ccccc2N(CCCCCC(Nc2ccccc2N)=C2CC2)C1=O. The molecule has 0 unspecified atom stereocenters. The monoisotopic (exact) mass is 460 g/mol. The molecule has 0 radical (unpaired) electrons. The van der Waals surface area contributed by atoms with E-state index < -0.39 is 6.04 Å². The van der Waals surface area contributed by atoms with Crippen molar-refractivity contribution in [3.8, 4) is 0 Å². The van der Waals surface area contributed by atoms with Crippen molar-refractivity contribution in [2.45, 2.75) is 64.8 Å². The average molecular weight is 461 g/mol. The first-order chi connectivity index (χ1) is 16.4. The molecule has 1 aliphatic carbocycles. The third-order valence-corrected chi connectivity index (χ3v) is 6.50. The number of fused-ring (bicyclic) bond motifs is 1. The molecule has 6 nitrogen and oxygen atoms in total. The van der Waals surface area contributed by atoms with Crippen LogP contribution in [0.4, 0.5) is 17.1 Å². The van der Waals surface area contributed by atoms with E-state index in [1.165, 1.54) is 11.3 Å². The van der Waals surface area contributed by atoms with E-state index >= 15 is 0 Å². The quantitative estimate of drug-likeness (QED) is 0.324. The van der Waals surface area contributed by atoms with E-state index in [0.717, 1.165) is 55.6 Å². The zero-order valence-corrected chi connectivity index (χ0v) is 20.3. The molecule has 1 heterocycles. The zero-order valence-electron chi connectivity index (χ0n) is 20.3. The van der Waals surface area contributed by atoms with E-state index in [1.54, 1.807) is 6.07 Å². The maximum Gasteiger partial charge on any atom is 0.254 e. The lowest BCUT2D eigenvalue weighted by Gasteiger charge is -2.26. The van der Waals surface area contributed by atoms with Gasteiger partial charge >= 0.3 is 0 Å². The second kappa shape index (κ2) is 10.8. The van der Waals surface area contributed by atoms with Crippen molar-refractivity contribution in [3.63, 3.8) is 0 Å². The summed E-state index contributed by atoms with van der Waals surface area (Å²) in [6.07, 6.45) is 6.86. The Hall–Kier alpha value is -3.28. The van der Waals surface area contributed by atoms with Gasteiger partial charge in [0.05, 0.1) is 22.6 Å². The first-order valence-corrected chi connectivity index (χ1v) is 12.5. The molecule has 0 spiro atoms. The molecule has 2 amide bonds. The van der Waals surface area contributed by atoms with Gasteiger partial charge in [0.15, 0.2) is 0 Å². The molecular weight excluding hydrogens is 424 g/mol. The van der Waals surface area contributed by atoms with Crippen LogP contribution in [0.1, 0.15) is 69.2 Å². The number of para-hydroxylation sites is 3. The Morgan fingerprint density at radius 3 is 2.53 bits per heavy atom. The summed E-state index contributed by atoms with van der Waals surface area (Å²) in [5, 5.41) is 6.51. The molecule has 34 heavy (non-hydrogen) atoms. The van der Waals surface area contributed by atoms with Crippen LogP contribution in [0.5, 0.6) is 0 Å². The molecule has 0 aromatic heterocycles. The fourth-order valence-corrected chi connectivity index (χ4v) is 4.58. The summed E-state index contributed by atoms with van der Waals surface area (Å²) in [5.74, 6) is 0.149. The molecule has 1 atom stereocenters. The van der Waals surface area contributed by atoms with Gasteiger partial charge < -0.3 is 21.3 Å². The second-order valence-electron chi connectivity index (χ2n) is 9.77. The minimum Gasteiger partial charge on any atom is -0.397 e. The van der Waals surface area contributed by atoms with E-state index in [2.05, 4.69) is 24.5 Å². The van der Waals surface area contributed by atoms with Crippen molar-refractivity contribution in [3.05, 3.63) is 65.4 Å². The standard InChI is InChI=1S/C28H36N4O2/c1-19(2)18-25-28(34)32(26-14-8-5-10-21(26)27(33)31-25)17-9-3-4-12-23(20-15-16-20)30-24-13-7-6-11-22(24)29/h5-8,10-11,13-14,19,25,30H,3-4,9,12,15-18,29H2,1-2H3,(H,31,33)/t25-/m1/s1. The Balaban J connectivity index is 1.36. The van der Waals surface area contributed by atoms with Gasteiger partial charge in [0.25, 0.3) is 5.91 Å². The Labute approximate surface area is 202 Å². The Morgan fingerprint density at radius 1 is 1.06 bits per heavy atom. The van der Waals surface area contributed by atoms with Gasteiger partial charge in [-0.3, -0.25) is 9.59 Å². The van der Waals surface area contributed by atoms with Crippen LogP contribution >= 0.6 is 0 Å². The number of nitrogens with one attached hydrogen (secondary N) is 2. The van der Waals surface area contributed by atoms with Gasteiger partial charge in [-0.25, -0.2) is 0 Å². The summed E-state index contributed by atoms with van der Waals surface area (Å²) < 4.78 is 0. The highest BCUT2D eigenvalue weighted by atomic mass is 16.2. The Bertz CT molecular complexity index is 1070. The van der Waals surface area contributed by atoms with Crippen molar-refractivity contribution in [1.82, 2.24) is 5.32 Å². The zero-order chi connectivity index (χ0) is 24.1. The molecule has 2 aromatic carbocycles. The number of unbranched alkanes of at least 4 members (excludes halogenated alkanes) is 2. The number of carbonyl (C=O) groups excluding carboxylic acids is 2. The van der Waals surface area contributed by atoms with Crippen LogP contribution < -0.4 is 21.3 Å². The third-order valence-electron chi connectivity index (χ3n) is 6.50. The molecule has 0 bridgehead atoms. The van der Waals surface area contributed by atoms with Gasteiger partial charge in [-0.2, -0.15) is 0 Å². The van der Waals surface area contributed by atoms with Crippen LogP contribution in [0, 0.1) is 5.92 Å². The van der Waals surface area contributed by atoms with E-state index in [0.29, 0.717) is 24.4 Å². The molecule has 1 aliphatic heterocycles. The summed E-state index contributed by atoms with van der Waals surface area (Å²) >= 11 is 0. The van der Waals surface area contributed by atoms with Crippen molar-refractivity contribution >= 4 is 28.9 Å². The summed E-state index contributed by atoms with van der Waals surface area (Å²) in [5.41, 5.74) is 11.9. The average Bonchev–Trinajstić information content (AvgIpc) is 3.66. The molecule has 6 heteroatoms. The summed E-state index contributed by atoms with van der Waals surface area (Å²) in [4.78, 5) is 28.0. The van der Waals surface area contributed by atoms with E-state index in [9.17, 15) is 9.59 Å². The largest absolute Gasteiger partial charge is 0.397 e. The lowest BCUT2D eigenvalue weighted by molar-refractivity contribution is -0.120. The molecule has 4 N–H and O–H groups in total. The maximum absolute atomic E-state index is 13.4. The first-order valence-electron chi connectivity index (χ1n) is 12.5. The highest BCUT2D eigenvalue weighted by molar-refractivity contribution is 6.10. The minimum atomic E-state index is -0.480. The number of benzene rings is 2. The molecule has 1 fully saturated rings. The smallest absolute Gasteiger partial charge is 0.254 e. The van der Waals surface area contributed by atoms with Crippen LogP contribution in [-0.2, 0) is 4.79 Å². The normalized spacial score (nSPS) is 17.3. The summed E-state index contributed by atoms with van der Waals surface area (Å²) in [6.45, 7) is 4.76. The topological polar surface area (TPSA) is 87.5 Å². The molecule has 4 rings (SSSR count). The second-order valence-corrected chi connectivity index (χ2v) is 9.77. The number of nitrogens with two attached hydrogens (primary N) is 1. The van der Waals surface area contributed by atoms with E-state index in [1.807, 2.05) is 47.4 Å². The number of amides is 2. The van der Waals surface area contributed by atoms with Crippen LogP contribution in [0.25, 0.3) is 0 Å². The number of allylic oxidation sites excluding steroid dienone is 2. The Kier molecular flexibility index (Phi) is 7.56. The van der Waals surface area contributed by atoms with Gasteiger partial charge in [0.2, 0.25) is 5.91 Å². The van der Waals surface area contributed by atoms with Crippen molar-refractivity contribution < 1.29 is 9.59 Å². The number of carbonyl (C=O) groups is 2. The van der Waals surface area contributed by atoms with Gasteiger partial charge in [-0.15, -0.1) is 0 Å². The number of rotatable bonds is 10. The number of nitrogens with zero attached hydrogens (tertiary/aromatic N) is 1. The number of nitrogen functional groups attached to an aromatic ring is 1. The fraction of sp³-hybridized carbons (Fsp3) is 0.429. The summed E-state index contributed by atoms with van der Waals surface area (Å²) in [6, 6.07) is 14.8. The van der Waals surface area contributed by atoms with Gasteiger partial charge in [-0.05, 0) is 68.7 Å². The van der Waals surface area contributed by atoms with Crippen molar-refractivity contribution in [1.29, 1.82) is 0 Å². The molecule has 180 valence electrons. The lowest BCUT2D eigenvalue weighted by Crippen LogP contribution is -2.46. The molecule has 2 aromatic rings. The fourth-order valence-electron chi connectivity index (χ4n) is 4.58. The minimum absolute atomic E-state index is 0.00555. The Morgan fingerprint density at radius 2 is 1.79 bits per heavy atom. The third kappa shape index (κ3) is 5.79. The van der Waals surface area contributed by atoms with Crippen LogP contribution in [0.15, 0.2) is 59.8 Å². The van der Waals surface area contributed by atoms with Crippen LogP contribution in [0.2, 0.25) is 0 Å². The number of anilines is 3. The highest BCUT2D eigenvalue weighted by Gasteiger charge is 2.33. The number of hydrogen-bond acceptors (Lipinski definition) is 4. The van der Waals surface area contributed by atoms with Crippen LogP contribution in [0.3, 0.4) is 0 Å². The van der Waals surface area contributed by atoms with E-state index in [4.69, 9.17) is 5.73 Å². The van der Waals surface area contributed by atoms with Crippen LogP contribution in [-0.4, -0.2) is 24.4 Å². The molecule has 1 saturated carbocycles. The van der Waals surface area contributed by atoms with Gasteiger partial charge in [0.1, 0.15) is 6.04 Å². The molecule has 2 aliphatic rings. The lowest BCUT2D eigenvalue weighted by atomic mass is 10.0. The number of hydrogen-bond donors (Lipinski definition) is 3. The predicted molar refractivity (Wildman–Crippen MR) is 139 cm³/mol. The van der Waals surface area contributed by atoms with Crippen molar-refractivity contribution in [2.75, 3.05) is 22.5 Å². The van der Waals surface area contributed by atoms with Gasteiger partial charge in [0, 0.05) is 12.2 Å². The van der Waals surface area contributed by atoms with E-state index in [-0.39, 0.29) is 11.8 Å². The maximum atomic E-state index is 13.4. The van der Waals surface area contributed by atoms with Gasteiger partial charge in [-0.1, -0.05) is 50.1 Å².